The number of hydroxylamine groups is 1. The minimum atomic E-state index is -3.69. The summed E-state index contributed by atoms with van der Waals surface area (Å²) >= 11 is 0. The monoisotopic (exact) mass is 1080 g/mol. The van der Waals surface area contributed by atoms with Gasteiger partial charge in [-0.15, -0.1) is 0 Å². The molecule has 9 rings (SSSR count). The van der Waals surface area contributed by atoms with Crippen molar-refractivity contribution in [2.45, 2.75) is 129 Å². The molecular weight excluding hydrogens is 1000 g/mol. The summed E-state index contributed by atoms with van der Waals surface area (Å²) in [5, 5.41) is 18.3. The summed E-state index contributed by atoms with van der Waals surface area (Å²) in [6.45, 7) is 21.4. The Morgan fingerprint density at radius 2 is 1.25 bits per heavy atom. The fraction of sp³-hybridized carbons (Fsp3) is 0.434. The van der Waals surface area contributed by atoms with Crippen LogP contribution in [-0.4, -0.2) is 56.5 Å². The van der Waals surface area contributed by atoms with Gasteiger partial charge in [-0.2, -0.15) is 26.6 Å². The molecule has 72 heavy (non-hydrogen) atoms. The summed E-state index contributed by atoms with van der Waals surface area (Å²) in [5.41, 5.74) is 5.94. The van der Waals surface area contributed by atoms with Crippen molar-refractivity contribution >= 4 is 71.1 Å². The van der Waals surface area contributed by atoms with Crippen LogP contribution >= 0.6 is 0 Å². The molecule has 0 amide bonds. The fourth-order valence-corrected chi connectivity index (χ4v) is 8.29. The van der Waals surface area contributed by atoms with Gasteiger partial charge >= 0.3 is 0 Å². The topological polar surface area (TPSA) is 236 Å². The second kappa shape index (κ2) is 33.5. The van der Waals surface area contributed by atoms with Crippen LogP contribution < -0.4 is 42.1 Å². The molecule has 0 saturated carbocycles. The average Bonchev–Trinajstić information content (AvgIpc) is 4.11. The van der Waals surface area contributed by atoms with Crippen LogP contribution in [0.3, 0.4) is 0 Å². The zero-order chi connectivity index (χ0) is 51.1. The SMILES string of the molecule is C.C.C1=CCc2c3[n-]c(c2=C1)=Nc1[n-]c(c2ccccc12)N=C1[N-]C(=C2C=CC=CC12)N=c1[n-]c(c2ccccc12)=N3.CC.CC.CC.CC.CCCCS(=O)(=O)O.CCCCS(=O)(=O)ONCC(C)O.[Cu]. The van der Waals surface area contributed by atoms with E-state index in [0.29, 0.717) is 64.8 Å². The van der Waals surface area contributed by atoms with Crippen molar-refractivity contribution in [3.8, 4) is 0 Å². The minimum absolute atomic E-state index is 0. The number of rotatable bonds is 10. The van der Waals surface area contributed by atoms with Gasteiger partial charge in [0, 0.05) is 69.3 Å². The first-order chi connectivity index (χ1) is 33.3. The van der Waals surface area contributed by atoms with Gasteiger partial charge in [-0.25, -0.2) is 0 Å². The number of nitrogens with one attached hydrogen (secondary N) is 1. The molecule has 5 aromatic rings. The second-order valence-corrected chi connectivity index (χ2v) is 17.8. The molecule has 2 aliphatic carbocycles. The van der Waals surface area contributed by atoms with Crippen LogP contribution in [0, 0.1) is 5.92 Å². The normalized spacial score (nSPS) is 14.5. The predicted octanol–water partition coefficient (Wildman–Crippen LogP) is 9.73. The Hall–Kier alpha value is -5.24. The molecule has 3 N–H and O–H groups in total. The third-order valence-electron chi connectivity index (χ3n) is 9.72. The van der Waals surface area contributed by atoms with Crippen LogP contribution in [0.15, 0.2) is 116 Å². The Balaban J connectivity index is 0.00000133. The van der Waals surface area contributed by atoms with Gasteiger partial charge in [-0.1, -0.05) is 188 Å². The number of allylic oxidation sites excluding steroid dienone is 5. The number of aromatic nitrogens is 3. The van der Waals surface area contributed by atoms with Crippen molar-refractivity contribution in [2.75, 3.05) is 18.1 Å². The number of benzene rings is 2. The summed E-state index contributed by atoms with van der Waals surface area (Å²) < 4.78 is 54.4. The molecule has 1 radical (unpaired) electrons. The number of nitrogens with zero attached hydrogens (tertiary/aromatic N) is 8. The molecule has 8 bridgehead atoms. The van der Waals surface area contributed by atoms with Gasteiger partial charge in [0.15, 0.2) is 0 Å². The molecule has 4 aliphatic rings. The molecule has 0 spiro atoms. The molecule has 3 aromatic heterocycles. The van der Waals surface area contributed by atoms with E-state index in [1.165, 1.54) is 6.92 Å². The number of hydrogen-bond donors (Lipinski definition) is 3. The van der Waals surface area contributed by atoms with Crippen LogP contribution in [0.1, 0.15) is 122 Å². The quantitative estimate of drug-likeness (QED) is 0.0676. The number of aliphatic hydroxyl groups is 1. The molecule has 19 heteroatoms. The Kier molecular flexibility index (Phi) is 31.0. The molecular formula is C53H77CuN9O7S2-4. The van der Waals surface area contributed by atoms with E-state index in [1.807, 2.05) is 148 Å². The summed E-state index contributed by atoms with van der Waals surface area (Å²) in [5.74, 6) is 2.79. The smallest absolute Gasteiger partial charge is 0.283 e. The van der Waals surface area contributed by atoms with Crippen molar-refractivity contribution in [1.29, 1.82) is 0 Å². The van der Waals surface area contributed by atoms with E-state index in [0.717, 1.165) is 50.7 Å². The number of aliphatic imine (C=N–C) groups is 1. The summed E-state index contributed by atoms with van der Waals surface area (Å²) in [6, 6.07) is 16.0. The molecule has 403 valence electrons. The van der Waals surface area contributed by atoms with Crippen LogP contribution in [0.2, 0.25) is 0 Å². The third kappa shape index (κ3) is 18.4. The van der Waals surface area contributed by atoms with Crippen LogP contribution in [0.4, 0.5) is 17.5 Å². The van der Waals surface area contributed by atoms with E-state index < -0.39 is 26.3 Å². The largest absolute Gasteiger partial charge is 0.392 e. The zero-order valence-corrected chi connectivity index (χ0v) is 44.7. The van der Waals surface area contributed by atoms with Gasteiger partial charge in [0.2, 0.25) is 0 Å². The van der Waals surface area contributed by atoms with E-state index in [9.17, 15) is 16.8 Å². The Morgan fingerprint density at radius 1 is 0.708 bits per heavy atom. The maximum atomic E-state index is 11.0. The van der Waals surface area contributed by atoms with Gasteiger partial charge in [-0.3, -0.25) is 4.55 Å². The first-order valence-electron chi connectivity index (χ1n) is 24.0. The molecule has 2 aliphatic heterocycles. The van der Waals surface area contributed by atoms with Gasteiger partial charge in [0.05, 0.1) is 17.6 Å². The first kappa shape index (κ1) is 66.8. The maximum Gasteiger partial charge on any atom is 0.283 e. The molecule has 2 unspecified atom stereocenters. The van der Waals surface area contributed by atoms with Crippen LogP contribution in [0.5, 0.6) is 0 Å². The van der Waals surface area contributed by atoms with E-state index in [2.05, 4.69) is 21.9 Å². The van der Waals surface area contributed by atoms with E-state index in [4.69, 9.17) is 49.9 Å². The van der Waals surface area contributed by atoms with Crippen molar-refractivity contribution in [1.82, 2.24) is 20.4 Å². The second-order valence-electron chi connectivity index (χ2n) is 14.5. The van der Waals surface area contributed by atoms with Crippen molar-refractivity contribution < 1.29 is 47.8 Å². The number of unbranched alkanes of at least 4 members (excludes halogenated alkanes) is 2. The summed E-state index contributed by atoms with van der Waals surface area (Å²) in [6.07, 6.45) is 17.1. The Morgan fingerprint density at radius 3 is 1.81 bits per heavy atom. The van der Waals surface area contributed by atoms with E-state index >= 15 is 0 Å². The predicted molar refractivity (Wildman–Crippen MR) is 293 cm³/mol. The van der Waals surface area contributed by atoms with Crippen molar-refractivity contribution in [3.05, 3.63) is 129 Å². The van der Waals surface area contributed by atoms with Gasteiger partial charge in [0.25, 0.3) is 20.2 Å². The Bertz CT molecular complexity index is 3090. The zero-order valence-electron chi connectivity index (χ0n) is 42.1. The molecule has 5 heterocycles. The number of aliphatic hydroxyl groups excluding tert-OH is 1. The van der Waals surface area contributed by atoms with Gasteiger partial charge < -0.3 is 45.3 Å². The van der Waals surface area contributed by atoms with E-state index in [1.54, 1.807) is 0 Å². The number of amidine groups is 1. The summed E-state index contributed by atoms with van der Waals surface area (Å²) in [7, 11) is -7.15. The molecule has 0 saturated heterocycles. The standard InChI is InChI=1S/C32H18N8.C7H17NO4S.C4H10O3S.4C2H6.2CH4.Cu/c1-2-10-18-17(9-1)25-33-26(18)38-28-21-13-5-6-14-22(21)30(35-28)40-32-24-16-8-7-15-23(24)31(36-32)39-29-20-12-4-3-11-19(20)27(34-29)37-25;1-3-4-5-13(10,11)12-8-6-7(2)9;1-2-3-4-8(5,6)7;4*1-2;;;/h1-15,17H,16H2;7-9H,3-6H2,1-2H3;2-4H2,1H3,(H,5,6,7);4*1-2H3;2*1H4;/q-4;;;;;;;;;. The molecule has 2 atom stereocenters. The number of fused-ring (bicyclic) bond motifs is 19. The van der Waals surface area contributed by atoms with Crippen LogP contribution in [0.25, 0.3) is 32.9 Å². The minimum Gasteiger partial charge on any atom is -0.392 e. The van der Waals surface area contributed by atoms with Crippen molar-refractivity contribution in [2.24, 2.45) is 25.9 Å². The van der Waals surface area contributed by atoms with Gasteiger partial charge in [-0.05, 0) is 69.9 Å². The van der Waals surface area contributed by atoms with Crippen LogP contribution in [-0.2, 0) is 48.0 Å². The average molecular weight is 1080 g/mol. The molecule has 16 nitrogen and oxygen atoms in total. The molecule has 0 fully saturated rings. The summed E-state index contributed by atoms with van der Waals surface area (Å²) in [4.78, 5) is 34.6. The van der Waals surface area contributed by atoms with Crippen molar-refractivity contribution in [3.63, 3.8) is 0 Å². The number of hydrogen-bond acceptors (Lipinski definition) is 11. The maximum absolute atomic E-state index is 11.0. The Labute approximate surface area is 439 Å². The van der Waals surface area contributed by atoms with Gasteiger partial charge in [0.1, 0.15) is 0 Å². The van der Waals surface area contributed by atoms with E-state index in [-0.39, 0.29) is 55.9 Å². The third-order valence-corrected chi connectivity index (χ3v) is 11.7. The first-order valence-corrected chi connectivity index (χ1v) is 27.1. The fourth-order valence-electron chi connectivity index (χ4n) is 6.67. The molecule has 2 aromatic carbocycles.